The standard InChI is InChI=1S/C11H7ClF2N4/c12-11-7(4-15-6-16-11)5-17-18-10-2-1-8(13)3-9(10)14/h1-6,18H/b17-5-. The first kappa shape index (κ1) is 12.4. The molecule has 0 bridgehead atoms. The number of halogens is 3. The van der Waals surface area contributed by atoms with Gasteiger partial charge in [0.05, 0.1) is 17.5 Å². The van der Waals surface area contributed by atoms with Crippen molar-refractivity contribution in [3.05, 3.63) is 53.1 Å². The van der Waals surface area contributed by atoms with Crippen molar-refractivity contribution in [2.45, 2.75) is 0 Å². The number of hydrogen-bond acceptors (Lipinski definition) is 4. The molecule has 0 saturated carbocycles. The summed E-state index contributed by atoms with van der Waals surface area (Å²) in [5.41, 5.74) is 2.97. The zero-order valence-electron chi connectivity index (χ0n) is 8.94. The first-order valence-corrected chi connectivity index (χ1v) is 5.24. The predicted octanol–water partition coefficient (Wildman–Crippen LogP) is 2.85. The molecule has 0 fully saturated rings. The van der Waals surface area contributed by atoms with E-state index in [0.29, 0.717) is 5.56 Å². The van der Waals surface area contributed by atoms with Crippen LogP contribution in [0.3, 0.4) is 0 Å². The summed E-state index contributed by atoms with van der Waals surface area (Å²) < 4.78 is 25.9. The lowest BCUT2D eigenvalue weighted by Gasteiger charge is -2.01. The summed E-state index contributed by atoms with van der Waals surface area (Å²) in [6.45, 7) is 0. The molecule has 1 aromatic carbocycles. The van der Waals surface area contributed by atoms with Crippen molar-refractivity contribution < 1.29 is 8.78 Å². The van der Waals surface area contributed by atoms with E-state index in [2.05, 4.69) is 20.5 Å². The molecule has 0 amide bonds. The molecule has 2 rings (SSSR count). The molecule has 0 aliphatic carbocycles. The molecule has 1 heterocycles. The van der Waals surface area contributed by atoms with Crippen LogP contribution in [0.5, 0.6) is 0 Å². The summed E-state index contributed by atoms with van der Waals surface area (Å²) in [6, 6.07) is 3.13. The van der Waals surface area contributed by atoms with Crippen LogP contribution in [0, 0.1) is 11.6 Å². The van der Waals surface area contributed by atoms with E-state index in [1.807, 2.05) is 0 Å². The molecule has 0 spiro atoms. The smallest absolute Gasteiger partial charge is 0.151 e. The Balaban J connectivity index is 2.10. The van der Waals surface area contributed by atoms with Crippen LogP contribution >= 0.6 is 11.6 Å². The number of aromatic nitrogens is 2. The number of benzene rings is 1. The largest absolute Gasteiger partial charge is 0.276 e. The fourth-order valence-electron chi connectivity index (χ4n) is 1.16. The summed E-state index contributed by atoms with van der Waals surface area (Å²) in [7, 11) is 0. The van der Waals surface area contributed by atoms with Crippen LogP contribution in [-0.2, 0) is 0 Å². The molecule has 2 aromatic rings. The molecule has 0 radical (unpaired) electrons. The van der Waals surface area contributed by atoms with Gasteiger partial charge in [-0.25, -0.2) is 18.7 Å². The van der Waals surface area contributed by atoms with Crippen LogP contribution in [0.4, 0.5) is 14.5 Å². The molecule has 0 aliphatic rings. The van der Waals surface area contributed by atoms with Crippen LogP contribution in [-0.4, -0.2) is 16.2 Å². The van der Waals surface area contributed by atoms with Gasteiger partial charge in [0, 0.05) is 12.3 Å². The zero-order valence-corrected chi connectivity index (χ0v) is 9.70. The van der Waals surface area contributed by atoms with E-state index in [0.717, 1.165) is 12.1 Å². The molecule has 0 unspecified atom stereocenters. The Hall–Kier alpha value is -2.08. The average molecular weight is 269 g/mol. The third-order valence-corrected chi connectivity index (χ3v) is 2.33. The Morgan fingerprint density at radius 2 is 2.17 bits per heavy atom. The molecule has 4 nitrogen and oxygen atoms in total. The minimum Gasteiger partial charge on any atom is -0.276 e. The second kappa shape index (κ2) is 5.50. The second-order valence-electron chi connectivity index (χ2n) is 3.26. The van der Waals surface area contributed by atoms with Crippen molar-refractivity contribution in [3.8, 4) is 0 Å². The summed E-state index contributed by atoms with van der Waals surface area (Å²) in [6.07, 6.45) is 4.10. The van der Waals surface area contributed by atoms with Gasteiger partial charge < -0.3 is 0 Å². The van der Waals surface area contributed by atoms with E-state index in [1.165, 1.54) is 24.8 Å². The molecule has 0 aliphatic heterocycles. The van der Waals surface area contributed by atoms with Crippen LogP contribution in [0.25, 0.3) is 0 Å². The van der Waals surface area contributed by atoms with Crippen LogP contribution < -0.4 is 5.43 Å². The first-order chi connectivity index (χ1) is 8.66. The van der Waals surface area contributed by atoms with Crippen molar-refractivity contribution in [2.75, 3.05) is 5.43 Å². The zero-order chi connectivity index (χ0) is 13.0. The Labute approximate surface area is 106 Å². The maximum atomic E-state index is 13.2. The highest BCUT2D eigenvalue weighted by atomic mass is 35.5. The van der Waals surface area contributed by atoms with Crippen molar-refractivity contribution >= 4 is 23.5 Å². The van der Waals surface area contributed by atoms with Crippen LogP contribution in [0.1, 0.15) is 5.56 Å². The average Bonchev–Trinajstić information content (AvgIpc) is 2.34. The fourth-order valence-corrected chi connectivity index (χ4v) is 1.30. The highest BCUT2D eigenvalue weighted by molar-refractivity contribution is 6.31. The molecule has 1 aromatic heterocycles. The topological polar surface area (TPSA) is 50.2 Å². The highest BCUT2D eigenvalue weighted by Crippen LogP contribution is 2.15. The highest BCUT2D eigenvalue weighted by Gasteiger charge is 2.02. The minimum absolute atomic E-state index is 0.0561. The minimum atomic E-state index is -0.734. The molecule has 1 N–H and O–H groups in total. The summed E-state index contributed by atoms with van der Waals surface area (Å²) in [5.74, 6) is -1.39. The fraction of sp³-hybridized carbons (Fsp3) is 0. The van der Waals surface area contributed by atoms with E-state index in [4.69, 9.17) is 11.6 Å². The van der Waals surface area contributed by atoms with Gasteiger partial charge in [-0.05, 0) is 12.1 Å². The molecule has 0 saturated heterocycles. The van der Waals surface area contributed by atoms with Crippen molar-refractivity contribution in [1.29, 1.82) is 0 Å². The summed E-state index contributed by atoms with van der Waals surface area (Å²) in [5, 5.41) is 3.99. The van der Waals surface area contributed by atoms with Gasteiger partial charge in [0.25, 0.3) is 0 Å². The monoisotopic (exact) mass is 268 g/mol. The SMILES string of the molecule is Fc1ccc(N/N=C\c2cncnc2Cl)c(F)c1. The normalized spacial score (nSPS) is 10.8. The lowest BCUT2D eigenvalue weighted by atomic mass is 10.3. The van der Waals surface area contributed by atoms with E-state index in [-0.39, 0.29) is 10.8 Å². The van der Waals surface area contributed by atoms with E-state index >= 15 is 0 Å². The van der Waals surface area contributed by atoms with Gasteiger partial charge in [0.15, 0.2) is 5.82 Å². The number of nitrogens with one attached hydrogen (secondary N) is 1. The molecule has 18 heavy (non-hydrogen) atoms. The summed E-state index contributed by atoms with van der Waals surface area (Å²) in [4.78, 5) is 7.51. The Bertz CT molecular complexity index is 589. The lowest BCUT2D eigenvalue weighted by Crippen LogP contribution is -1.95. The molecule has 92 valence electrons. The van der Waals surface area contributed by atoms with Crippen LogP contribution in [0.15, 0.2) is 35.8 Å². The lowest BCUT2D eigenvalue weighted by molar-refractivity contribution is 0.585. The Kier molecular flexibility index (Phi) is 3.78. The van der Waals surface area contributed by atoms with E-state index in [1.54, 1.807) is 0 Å². The maximum Gasteiger partial charge on any atom is 0.151 e. The van der Waals surface area contributed by atoms with Crippen molar-refractivity contribution in [3.63, 3.8) is 0 Å². The second-order valence-corrected chi connectivity index (χ2v) is 3.62. The summed E-state index contributed by atoms with van der Waals surface area (Å²) >= 11 is 5.76. The van der Waals surface area contributed by atoms with E-state index < -0.39 is 11.6 Å². The number of hydrazone groups is 1. The number of rotatable bonds is 3. The van der Waals surface area contributed by atoms with Gasteiger partial charge in [0.1, 0.15) is 17.3 Å². The number of nitrogens with zero attached hydrogens (tertiary/aromatic N) is 3. The number of anilines is 1. The van der Waals surface area contributed by atoms with Gasteiger partial charge in [-0.3, -0.25) is 5.43 Å². The Morgan fingerprint density at radius 1 is 1.33 bits per heavy atom. The third-order valence-electron chi connectivity index (χ3n) is 2.01. The predicted molar refractivity (Wildman–Crippen MR) is 64.6 cm³/mol. The van der Waals surface area contributed by atoms with Gasteiger partial charge in [0.2, 0.25) is 0 Å². The van der Waals surface area contributed by atoms with Crippen molar-refractivity contribution in [1.82, 2.24) is 9.97 Å². The molecule has 7 heteroatoms. The quantitative estimate of drug-likeness (QED) is 0.529. The molecular weight excluding hydrogens is 262 g/mol. The van der Waals surface area contributed by atoms with Crippen molar-refractivity contribution in [2.24, 2.45) is 5.10 Å². The van der Waals surface area contributed by atoms with Gasteiger partial charge in [-0.2, -0.15) is 5.10 Å². The molecular formula is C11H7ClF2N4. The van der Waals surface area contributed by atoms with E-state index in [9.17, 15) is 8.78 Å². The van der Waals surface area contributed by atoms with Gasteiger partial charge >= 0.3 is 0 Å². The maximum absolute atomic E-state index is 13.2. The molecule has 0 atom stereocenters. The third kappa shape index (κ3) is 2.98. The van der Waals surface area contributed by atoms with Gasteiger partial charge in [-0.1, -0.05) is 11.6 Å². The van der Waals surface area contributed by atoms with Gasteiger partial charge in [-0.15, -0.1) is 0 Å². The Morgan fingerprint density at radius 3 is 2.89 bits per heavy atom. The first-order valence-electron chi connectivity index (χ1n) is 4.86. The number of hydrogen-bond donors (Lipinski definition) is 1. The van der Waals surface area contributed by atoms with Crippen LogP contribution in [0.2, 0.25) is 5.15 Å².